The molecule has 2 rings (SSSR count). The van der Waals surface area contributed by atoms with Crippen molar-refractivity contribution in [1.82, 2.24) is 14.9 Å². The molecule has 2 heterocycles. The minimum atomic E-state index is -0.289. The number of aryl methyl sites for hydroxylation is 2. The van der Waals surface area contributed by atoms with Gasteiger partial charge in [0.1, 0.15) is 6.04 Å². The van der Waals surface area contributed by atoms with Crippen LogP contribution in [-0.2, 0) is 11.2 Å². The molecule has 1 aromatic rings. The number of hydrogen-bond acceptors (Lipinski definition) is 4. The first kappa shape index (κ1) is 17.7. The minimum absolute atomic E-state index is 0.148. The lowest BCUT2D eigenvalue weighted by Crippen LogP contribution is -2.44. The smallest absolute Gasteiger partial charge is 0.244 e. The highest BCUT2D eigenvalue weighted by Crippen LogP contribution is 2.18. The third-order valence-electron chi connectivity index (χ3n) is 4.42. The zero-order chi connectivity index (χ0) is 17.0. The van der Waals surface area contributed by atoms with Crippen molar-refractivity contribution in [2.24, 2.45) is 5.92 Å². The molecule has 0 saturated carbocycles. The predicted octanol–water partition coefficient (Wildman–Crippen LogP) is 3.10. The van der Waals surface area contributed by atoms with Gasteiger partial charge in [-0.05, 0) is 57.9 Å². The fraction of sp³-hybridized carbons (Fsp3) is 0.722. The number of hydrogen-bond donors (Lipinski definition) is 1. The van der Waals surface area contributed by atoms with Crippen LogP contribution in [0.3, 0.4) is 0 Å². The Bertz CT molecular complexity index is 527. The monoisotopic (exact) mass is 318 g/mol. The van der Waals surface area contributed by atoms with Gasteiger partial charge in [-0.3, -0.25) is 4.79 Å². The molecule has 1 atom stereocenters. The molecule has 128 valence electrons. The van der Waals surface area contributed by atoms with Crippen LogP contribution in [0.15, 0.2) is 0 Å². The van der Waals surface area contributed by atoms with Crippen molar-refractivity contribution in [3.63, 3.8) is 0 Å². The second-order valence-electron chi connectivity index (χ2n) is 7.05. The van der Waals surface area contributed by atoms with E-state index in [1.807, 2.05) is 25.7 Å². The van der Waals surface area contributed by atoms with E-state index in [-0.39, 0.29) is 11.9 Å². The maximum Gasteiger partial charge on any atom is 0.244 e. The van der Waals surface area contributed by atoms with Crippen LogP contribution in [-0.4, -0.2) is 39.9 Å². The van der Waals surface area contributed by atoms with E-state index in [0.717, 1.165) is 43.7 Å². The Hall–Kier alpha value is -1.65. The van der Waals surface area contributed by atoms with Gasteiger partial charge in [-0.2, -0.15) is 0 Å². The summed E-state index contributed by atoms with van der Waals surface area (Å²) in [5.74, 6) is 1.29. The van der Waals surface area contributed by atoms with Crippen molar-refractivity contribution in [3.8, 4) is 0 Å². The molecule has 1 aliphatic rings. The highest BCUT2D eigenvalue weighted by atomic mass is 16.2. The normalized spacial score (nSPS) is 16.5. The van der Waals surface area contributed by atoms with Crippen LogP contribution in [0.25, 0.3) is 0 Å². The van der Waals surface area contributed by atoms with Crippen molar-refractivity contribution in [2.75, 3.05) is 18.4 Å². The summed E-state index contributed by atoms with van der Waals surface area (Å²) in [6, 6.07) is -0.289. The van der Waals surface area contributed by atoms with Gasteiger partial charge in [0.2, 0.25) is 11.9 Å². The summed E-state index contributed by atoms with van der Waals surface area (Å²) in [6.45, 7) is 12.1. The average Bonchev–Trinajstić information content (AvgIpc) is 2.51. The predicted molar refractivity (Wildman–Crippen MR) is 93.6 cm³/mol. The fourth-order valence-electron chi connectivity index (χ4n) is 3.15. The number of anilines is 1. The number of rotatable bonds is 5. The summed E-state index contributed by atoms with van der Waals surface area (Å²) in [5, 5.41) is 3.19. The Balaban J connectivity index is 2.05. The van der Waals surface area contributed by atoms with E-state index >= 15 is 0 Å². The lowest BCUT2D eigenvalue weighted by Gasteiger charge is -2.29. The lowest BCUT2D eigenvalue weighted by atomic mass is 10.0. The molecule has 0 radical (unpaired) electrons. The second kappa shape index (κ2) is 7.75. The topological polar surface area (TPSA) is 58.1 Å². The molecular formula is C18H30N4O. The van der Waals surface area contributed by atoms with Gasteiger partial charge in [-0.15, -0.1) is 0 Å². The van der Waals surface area contributed by atoms with Crippen LogP contribution in [0.1, 0.15) is 57.0 Å². The van der Waals surface area contributed by atoms with Crippen LogP contribution in [0, 0.1) is 19.8 Å². The minimum Gasteiger partial charge on any atom is -0.343 e. The number of nitrogens with one attached hydrogen (secondary N) is 1. The SMILES string of the molecule is Cc1nc(N[C@@H](C)C(=O)N2CCCCC2)nc(C)c1CC(C)C. The van der Waals surface area contributed by atoms with Crippen LogP contribution in [0.5, 0.6) is 0 Å². The van der Waals surface area contributed by atoms with Gasteiger partial charge in [0, 0.05) is 24.5 Å². The number of likely N-dealkylation sites (tertiary alicyclic amines) is 1. The van der Waals surface area contributed by atoms with E-state index in [0.29, 0.717) is 11.9 Å². The molecule has 5 nitrogen and oxygen atoms in total. The van der Waals surface area contributed by atoms with Gasteiger partial charge in [0.15, 0.2) is 0 Å². The van der Waals surface area contributed by atoms with Gasteiger partial charge in [-0.1, -0.05) is 13.8 Å². The van der Waals surface area contributed by atoms with Crippen LogP contribution < -0.4 is 5.32 Å². The van der Waals surface area contributed by atoms with Gasteiger partial charge in [-0.25, -0.2) is 9.97 Å². The molecule has 5 heteroatoms. The molecule has 0 aliphatic carbocycles. The summed E-state index contributed by atoms with van der Waals surface area (Å²) in [6.07, 6.45) is 4.43. The quantitative estimate of drug-likeness (QED) is 0.906. The zero-order valence-corrected chi connectivity index (χ0v) is 15.1. The van der Waals surface area contributed by atoms with E-state index in [1.165, 1.54) is 12.0 Å². The standard InChI is InChI=1S/C18H30N4O/c1-12(2)11-16-13(3)19-18(20-14(16)4)21-15(5)17(23)22-9-7-6-8-10-22/h12,15H,6-11H2,1-5H3,(H,19,20,21)/t15-/m0/s1. The van der Waals surface area contributed by atoms with Crippen molar-refractivity contribution in [2.45, 2.75) is 66.3 Å². The van der Waals surface area contributed by atoms with Crippen molar-refractivity contribution in [1.29, 1.82) is 0 Å². The number of carbonyl (C=O) groups is 1. The first-order valence-electron chi connectivity index (χ1n) is 8.78. The summed E-state index contributed by atoms with van der Waals surface area (Å²) in [4.78, 5) is 23.6. The first-order valence-corrected chi connectivity index (χ1v) is 8.78. The Kier molecular flexibility index (Phi) is 5.97. The largest absolute Gasteiger partial charge is 0.343 e. The molecule has 1 N–H and O–H groups in total. The number of carbonyl (C=O) groups excluding carboxylic acids is 1. The molecule has 1 fully saturated rings. The van der Waals surface area contributed by atoms with Crippen molar-refractivity contribution < 1.29 is 4.79 Å². The summed E-state index contributed by atoms with van der Waals surface area (Å²) in [5.41, 5.74) is 3.23. The summed E-state index contributed by atoms with van der Waals surface area (Å²) < 4.78 is 0. The van der Waals surface area contributed by atoms with E-state index < -0.39 is 0 Å². The molecule has 1 amide bonds. The molecule has 0 unspecified atom stereocenters. The molecule has 1 aliphatic heterocycles. The Labute approximate surface area is 139 Å². The summed E-state index contributed by atoms with van der Waals surface area (Å²) >= 11 is 0. The number of nitrogens with zero attached hydrogens (tertiary/aromatic N) is 3. The third-order valence-corrected chi connectivity index (χ3v) is 4.42. The van der Waals surface area contributed by atoms with Gasteiger partial charge >= 0.3 is 0 Å². The molecule has 1 aromatic heterocycles. The van der Waals surface area contributed by atoms with Crippen LogP contribution in [0.4, 0.5) is 5.95 Å². The second-order valence-corrected chi connectivity index (χ2v) is 7.05. The molecule has 0 spiro atoms. The van der Waals surface area contributed by atoms with Crippen molar-refractivity contribution >= 4 is 11.9 Å². The number of piperidine rings is 1. The maximum absolute atomic E-state index is 12.5. The van der Waals surface area contributed by atoms with E-state index in [2.05, 4.69) is 29.1 Å². The zero-order valence-electron chi connectivity index (χ0n) is 15.1. The Morgan fingerprint density at radius 2 is 1.65 bits per heavy atom. The van der Waals surface area contributed by atoms with Crippen LogP contribution in [0.2, 0.25) is 0 Å². The summed E-state index contributed by atoms with van der Waals surface area (Å²) in [7, 11) is 0. The highest BCUT2D eigenvalue weighted by Gasteiger charge is 2.23. The Morgan fingerprint density at radius 3 is 2.17 bits per heavy atom. The molecule has 0 bridgehead atoms. The van der Waals surface area contributed by atoms with E-state index in [9.17, 15) is 4.79 Å². The lowest BCUT2D eigenvalue weighted by molar-refractivity contribution is -0.132. The third kappa shape index (κ3) is 4.66. The number of aromatic nitrogens is 2. The van der Waals surface area contributed by atoms with Crippen LogP contribution >= 0.6 is 0 Å². The average molecular weight is 318 g/mol. The maximum atomic E-state index is 12.5. The first-order chi connectivity index (χ1) is 10.9. The van der Waals surface area contributed by atoms with E-state index in [1.54, 1.807) is 0 Å². The van der Waals surface area contributed by atoms with Gasteiger partial charge in [0.25, 0.3) is 0 Å². The van der Waals surface area contributed by atoms with Gasteiger partial charge < -0.3 is 10.2 Å². The van der Waals surface area contributed by atoms with Gasteiger partial charge in [0.05, 0.1) is 0 Å². The Morgan fingerprint density at radius 1 is 1.09 bits per heavy atom. The van der Waals surface area contributed by atoms with Crippen molar-refractivity contribution in [3.05, 3.63) is 17.0 Å². The molecule has 1 saturated heterocycles. The molecule has 0 aromatic carbocycles. The van der Waals surface area contributed by atoms with E-state index in [4.69, 9.17) is 0 Å². The fourth-order valence-corrected chi connectivity index (χ4v) is 3.15. The highest BCUT2D eigenvalue weighted by molar-refractivity contribution is 5.83. The molecule has 23 heavy (non-hydrogen) atoms. The molecular weight excluding hydrogens is 288 g/mol. The number of amides is 1.